The lowest BCUT2D eigenvalue weighted by Gasteiger charge is -2.30. The van der Waals surface area contributed by atoms with E-state index in [1.54, 1.807) is 44.2 Å². The first-order valence-electron chi connectivity index (χ1n) is 16.7. The number of halogens is 2. The molecule has 1 aliphatic heterocycles. The largest absolute Gasteiger partial charge is 0.490 e. The molecule has 0 bridgehead atoms. The molecule has 2 aromatic carbocycles. The highest BCUT2D eigenvalue weighted by Gasteiger charge is 2.37. The van der Waals surface area contributed by atoms with Gasteiger partial charge in [-0.3, -0.25) is 9.59 Å². The summed E-state index contributed by atoms with van der Waals surface area (Å²) in [6, 6.07) is 13.8. The Labute approximate surface area is 310 Å². The second-order valence-electron chi connectivity index (χ2n) is 12.5. The van der Waals surface area contributed by atoms with Crippen LogP contribution in [0.5, 0.6) is 23.4 Å². The molecule has 2 amide bonds. The molecular weight excluding hydrogens is 725 g/mol. The highest BCUT2D eigenvalue weighted by molar-refractivity contribution is 7.93. The van der Waals surface area contributed by atoms with Gasteiger partial charge in [-0.1, -0.05) is 6.07 Å². The van der Waals surface area contributed by atoms with Gasteiger partial charge < -0.3 is 23.8 Å². The highest BCUT2D eigenvalue weighted by atomic mass is 32.2. The molecular formula is C38H35F2N5O8S. The first kappa shape index (κ1) is 37.6. The number of methoxy groups -OCH3 is 1. The van der Waals surface area contributed by atoms with Gasteiger partial charge in [-0.15, -0.1) is 0 Å². The summed E-state index contributed by atoms with van der Waals surface area (Å²) in [7, 11) is -3.90. The first-order valence-corrected chi connectivity index (χ1v) is 18.1. The van der Waals surface area contributed by atoms with Gasteiger partial charge in [-0.25, -0.2) is 32.2 Å². The highest BCUT2D eigenvalue weighted by Crippen LogP contribution is 2.40. The van der Waals surface area contributed by atoms with Crippen molar-refractivity contribution in [3.8, 4) is 34.5 Å². The minimum atomic E-state index is -5.12. The lowest BCUT2D eigenvalue weighted by Crippen LogP contribution is -2.38. The monoisotopic (exact) mass is 759 g/mol. The average Bonchev–Trinajstić information content (AvgIpc) is 3.13. The minimum Gasteiger partial charge on any atom is -0.490 e. The zero-order chi connectivity index (χ0) is 38.7. The summed E-state index contributed by atoms with van der Waals surface area (Å²) in [5, 5.41) is 0. The summed E-state index contributed by atoms with van der Waals surface area (Å²) in [5.41, 5.74) is 0.904. The van der Waals surface area contributed by atoms with Gasteiger partial charge in [0.05, 0.1) is 31.5 Å². The average molecular weight is 760 g/mol. The number of amides is 2. The third kappa shape index (κ3) is 7.78. The van der Waals surface area contributed by atoms with Crippen molar-refractivity contribution in [2.75, 3.05) is 29.5 Å². The topological polar surface area (TPSA) is 150 Å². The fourth-order valence-corrected chi connectivity index (χ4v) is 7.07. The molecule has 1 aliphatic rings. The zero-order valence-corrected chi connectivity index (χ0v) is 30.6. The van der Waals surface area contributed by atoms with Crippen LogP contribution in [0, 0.1) is 11.6 Å². The summed E-state index contributed by atoms with van der Waals surface area (Å²) in [6.07, 6.45) is 3.64. The van der Waals surface area contributed by atoms with Crippen molar-refractivity contribution in [3.05, 3.63) is 108 Å². The number of fused-ring (bicyclic) bond motifs is 1. The van der Waals surface area contributed by atoms with Gasteiger partial charge in [0.2, 0.25) is 17.6 Å². The fraction of sp³-hybridized carbons (Fsp3) is 0.237. The van der Waals surface area contributed by atoms with E-state index in [-0.39, 0.29) is 59.8 Å². The third-order valence-electron chi connectivity index (χ3n) is 7.92. The number of benzene rings is 2. The van der Waals surface area contributed by atoms with E-state index in [1.165, 1.54) is 48.8 Å². The van der Waals surface area contributed by atoms with Crippen LogP contribution < -0.4 is 28.2 Å². The molecule has 6 rings (SSSR count). The SMILES string of the molecule is COc1ncc(-c2ccc3c(c2)N(C(=O)c2ccnc(OC(C)C)c2)CCO3)cc1N(C(=O)c1ccnc(OC(C)C)c1)S(=O)(=O)c1ccc(F)cc1F. The maximum absolute atomic E-state index is 15.2. The van der Waals surface area contributed by atoms with E-state index in [2.05, 4.69) is 15.0 Å². The molecule has 0 radical (unpaired) electrons. The Morgan fingerprint density at radius 3 is 2.15 bits per heavy atom. The van der Waals surface area contributed by atoms with Gasteiger partial charge in [0, 0.05) is 53.5 Å². The molecule has 0 saturated heterocycles. The first-order chi connectivity index (χ1) is 25.8. The normalized spacial score (nSPS) is 12.6. The van der Waals surface area contributed by atoms with Crippen molar-refractivity contribution in [1.29, 1.82) is 0 Å². The fourth-order valence-electron chi connectivity index (χ4n) is 5.61. The maximum atomic E-state index is 15.2. The molecule has 0 unspecified atom stereocenters. The number of anilines is 2. The molecule has 0 saturated carbocycles. The number of ether oxygens (including phenoxy) is 4. The van der Waals surface area contributed by atoms with E-state index in [1.807, 2.05) is 13.8 Å². The molecule has 0 aliphatic carbocycles. The second kappa shape index (κ2) is 15.4. The quantitative estimate of drug-likeness (QED) is 0.146. The number of nitrogens with zero attached hydrogens (tertiary/aromatic N) is 5. The Hall–Kier alpha value is -6.16. The number of hydrogen-bond donors (Lipinski definition) is 0. The smallest absolute Gasteiger partial charge is 0.274 e. The number of carbonyl (C=O) groups excluding carboxylic acids is 2. The van der Waals surface area contributed by atoms with Gasteiger partial charge in [0.25, 0.3) is 21.8 Å². The van der Waals surface area contributed by atoms with Crippen LogP contribution >= 0.6 is 0 Å². The van der Waals surface area contributed by atoms with E-state index < -0.39 is 32.5 Å². The van der Waals surface area contributed by atoms with Crippen LogP contribution in [0.1, 0.15) is 48.4 Å². The van der Waals surface area contributed by atoms with Crippen molar-refractivity contribution in [3.63, 3.8) is 0 Å². The van der Waals surface area contributed by atoms with Crippen LogP contribution in [0.2, 0.25) is 0 Å². The third-order valence-corrected chi connectivity index (χ3v) is 9.65. The van der Waals surface area contributed by atoms with Gasteiger partial charge in [-0.2, -0.15) is 4.31 Å². The van der Waals surface area contributed by atoms with Crippen LogP contribution in [0.4, 0.5) is 20.2 Å². The van der Waals surface area contributed by atoms with Crippen molar-refractivity contribution in [2.24, 2.45) is 0 Å². The molecule has 5 aromatic rings. The van der Waals surface area contributed by atoms with Crippen molar-refractivity contribution in [2.45, 2.75) is 44.8 Å². The molecule has 0 N–H and O–H groups in total. The molecule has 4 heterocycles. The summed E-state index contributed by atoms with van der Waals surface area (Å²) < 4.78 is 80.7. The molecule has 54 heavy (non-hydrogen) atoms. The summed E-state index contributed by atoms with van der Waals surface area (Å²) in [6.45, 7) is 7.61. The van der Waals surface area contributed by atoms with E-state index in [4.69, 9.17) is 18.9 Å². The van der Waals surface area contributed by atoms with Crippen molar-refractivity contribution >= 4 is 33.2 Å². The van der Waals surface area contributed by atoms with Crippen molar-refractivity contribution < 1.29 is 45.7 Å². The Morgan fingerprint density at radius 1 is 0.833 bits per heavy atom. The van der Waals surface area contributed by atoms with Gasteiger partial charge in [0.15, 0.2) is 0 Å². The van der Waals surface area contributed by atoms with Gasteiger partial charge >= 0.3 is 0 Å². The number of hydrogen-bond acceptors (Lipinski definition) is 11. The Balaban J connectivity index is 1.47. The lowest BCUT2D eigenvalue weighted by atomic mass is 10.0. The molecule has 0 fully saturated rings. The van der Waals surface area contributed by atoms with E-state index >= 15 is 4.39 Å². The zero-order valence-electron chi connectivity index (χ0n) is 29.8. The number of carbonyl (C=O) groups is 2. The number of rotatable bonds is 11. The summed E-state index contributed by atoms with van der Waals surface area (Å²) in [5.74, 6) is -3.49. The van der Waals surface area contributed by atoms with E-state index in [0.29, 0.717) is 38.8 Å². The van der Waals surface area contributed by atoms with Crippen LogP contribution in [-0.4, -0.2) is 67.7 Å². The summed E-state index contributed by atoms with van der Waals surface area (Å²) in [4.78, 5) is 41.3. The molecule has 16 heteroatoms. The van der Waals surface area contributed by atoms with Crippen LogP contribution in [0.25, 0.3) is 11.1 Å². The second-order valence-corrected chi connectivity index (χ2v) is 14.2. The van der Waals surface area contributed by atoms with E-state index in [9.17, 15) is 22.4 Å². The predicted molar refractivity (Wildman–Crippen MR) is 194 cm³/mol. The Bertz CT molecular complexity index is 2340. The van der Waals surface area contributed by atoms with Crippen molar-refractivity contribution in [1.82, 2.24) is 15.0 Å². The summed E-state index contributed by atoms with van der Waals surface area (Å²) >= 11 is 0. The molecule has 0 atom stereocenters. The Morgan fingerprint density at radius 2 is 1.50 bits per heavy atom. The minimum absolute atomic E-state index is 0.0332. The molecule has 3 aromatic heterocycles. The van der Waals surface area contributed by atoms with E-state index in [0.717, 1.165) is 12.1 Å². The predicted octanol–water partition coefficient (Wildman–Crippen LogP) is 6.47. The number of sulfonamides is 1. The van der Waals surface area contributed by atoms with Gasteiger partial charge in [-0.05, 0) is 75.7 Å². The lowest BCUT2D eigenvalue weighted by molar-refractivity contribution is 0.0973. The number of pyridine rings is 3. The van der Waals surface area contributed by atoms with Crippen LogP contribution in [0.3, 0.4) is 0 Å². The van der Waals surface area contributed by atoms with Crippen LogP contribution in [0.15, 0.2) is 90.2 Å². The van der Waals surface area contributed by atoms with Gasteiger partial charge in [0.1, 0.15) is 34.6 Å². The standard InChI is InChI=1S/C38H35F2N5O8S/c1-22(2)52-34-18-25(10-12-41-34)37(46)44-14-15-51-32-8-6-24(16-30(32)44)27-17-31(36(50-5)43-21-27)45(54(48,49)33-9-7-28(39)20-29(33)40)38(47)26-11-13-42-35(19-26)53-23(3)4/h6-13,16-23H,14-15H2,1-5H3. The molecule has 280 valence electrons. The molecule has 13 nitrogen and oxygen atoms in total. The Kier molecular flexibility index (Phi) is 10.7. The maximum Gasteiger partial charge on any atom is 0.274 e. The molecule has 0 spiro atoms. The van der Waals surface area contributed by atoms with Crippen LogP contribution in [-0.2, 0) is 10.0 Å². The number of aromatic nitrogens is 3.